The molecule has 1 saturated heterocycles. The summed E-state index contributed by atoms with van der Waals surface area (Å²) in [6.45, 7) is 1.05. The minimum Gasteiger partial charge on any atom is -0.508 e. The summed E-state index contributed by atoms with van der Waals surface area (Å²) in [4.78, 5) is 6.78. The van der Waals surface area contributed by atoms with E-state index >= 15 is 0 Å². The topological polar surface area (TPSA) is 62.4 Å². The Morgan fingerprint density at radius 2 is 2.20 bits per heavy atom. The first-order valence-corrected chi connectivity index (χ1v) is 7.76. The van der Waals surface area contributed by atoms with Crippen molar-refractivity contribution < 1.29 is 9.63 Å². The summed E-state index contributed by atoms with van der Waals surface area (Å²) in [5, 5.41) is 13.4. The van der Waals surface area contributed by atoms with Crippen LogP contribution in [0.3, 0.4) is 0 Å². The normalized spacial score (nSPS) is 20.1. The molecule has 0 radical (unpaired) electrons. The second kappa shape index (κ2) is 5.85. The van der Waals surface area contributed by atoms with Crippen LogP contribution in [0.4, 0.5) is 0 Å². The summed E-state index contributed by atoms with van der Waals surface area (Å²) in [5.74, 6) is 3.82. The average molecular weight is 291 g/mol. The second-order valence-corrected chi connectivity index (χ2v) is 6.11. The van der Waals surface area contributed by atoms with Crippen LogP contribution < -0.4 is 0 Å². The minimum atomic E-state index is 0.242. The Morgan fingerprint density at radius 1 is 1.40 bits per heavy atom. The van der Waals surface area contributed by atoms with E-state index in [0.29, 0.717) is 12.3 Å². The largest absolute Gasteiger partial charge is 0.508 e. The Labute approximate surface area is 122 Å². The Kier molecular flexibility index (Phi) is 3.93. The molecule has 1 N–H and O–H groups in total. The number of aromatic nitrogens is 2. The lowest BCUT2D eigenvalue weighted by atomic mass is 10.1. The maximum atomic E-state index is 9.27. The fraction of sp³-hybridized carbons (Fsp3) is 0.429. The summed E-state index contributed by atoms with van der Waals surface area (Å²) in [7, 11) is 2.10. The van der Waals surface area contributed by atoms with E-state index in [-0.39, 0.29) is 11.8 Å². The molecule has 1 aromatic carbocycles. The number of hydrogen-bond donors (Lipinski definition) is 1. The SMILES string of the molecule is CN1CCSCC1c1noc(Cc2ccc(O)cc2)n1. The predicted molar refractivity (Wildman–Crippen MR) is 77.9 cm³/mol. The molecule has 1 atom stereocenters. The van der Waals surface area contributed by atoms with Crippen molar-refractivity contribution in [2.24, 2.45) is 0 Å². The van der Waals surface area contributed by atoms with Crippen molar-refractivity contribution in [3.05, 3.63) is 41.5 Å². The molecule has 1 unspecified atom stereocenters. The fourth-order valence-corrected chi connectivity index (χ4v) is 3.43. The highest BCUT2D eigenvalue weighted by Gasteiger charge is 2.25. The summed E-state index contributed by atoms with van der Waals surface area (Å²) in [6, 6.07) is 7.30. The van der Waals surface area contributed by atoms with Crippen LogP contribution in [0.15, 0.2) is 28.8 Å². The number of thioether (sulfide) groups is 1. The van der Waals surface area contributed by atoms with E-state index in [1.165, 1.54) is 0 Å². The lowest BCUT2D eigenvalue weighted by molar-refractivity contribution is 0.256. The molecule has 0 saturated carbocycles. The van der Waals surface area contributed by atoms with Crippen molar-refractivity contribution in [3.63, 3.8) is 0 Å². The molecular formula is C14H17N3O2S. The van der Waals surface area contributed by atoms with Gasteiger partial charge in [0.1, 0.15) is 5.75 Å². The Balaban J connectivity index is 1.71. The Hall–Kier alpha value is -1.53. The molecule has 1 aliphatic heterocycles. The number of hydrogen-bond acceptors (Lipinski definition) is 6. The van der Waals surface area contributed by atoms with Crippen LogP contribution in [0, 0.1) is 0 Å². The van der Waals surface area contributed by atoms with Crippen LogP contribution in [-0.4, -0.2) is 45.2 Å². The smallest absolute Gasteiger partial charge is 0.231 e. The molecule has 1 aliphatic rings. The molecule has 2 aromatic rings. The van der Waals surface area contributed by atoms with Crippen molar-refractivity contribution in [2.45, 2.75) is 12.5 Å². The lowest BCUT2D eigenvalue weighted by Crippen LogP contribution is -2.33. The van der Waals surface area contributed by atoms with Crippen molar-refractivity contribution in [2.75, 3.05) is 25.1 Å². The highest BCUT2D eigenvalue weighted by atomic mass is 32.2. The number of aromatic hydroxyl groups is 1. The maximum absolute atomic E-state index is 9.27. The van der Waals surface area contributed by atoms with Gasteiger partial charge in [0.05, 0.1) is 12.5 Å². The zero-order chi connectivity index (χ0) is 13.9. The highest BCUT2D eigenvalue weighted by Crippen LogP contribution is 2.26. The summed E-state index contributed by atoms with van der Waals surface area (Å²) < 4.78 is 5.34. The van der Waals surface area contributed by atoms with E-state index in [2.05, 4.69) is 22.1 Å². The molecule has 1 aromatic heterocycles. The Morgan fingerprint density at radius 3 is 2.95 bits per heavy atom. The summed E-state index contributed by atoms with van der Waals surface area (Å²) >= 11 is 1.93. The number of rotatable bonds is 3. The number of phenols is 1. The van der Waals surface area contributed by atoms with Crippen LogP contribution >= 0.6 is 11.8 Å². The van der Waals surface area contributed by atoms with Gasteiger partial charge in [-0.2, -0.15) is 16.7 Å². The van der Waals surface area contributed by atoms with Crippen LogP contribution in [0.5, 0.6) is 5.75 Å². The molecule has 0 aliphatic carbocycles. The van der Waals surface area contributed by atoms with Gasteiger partial charge in [0.15, 0.2) is 5.82 Å². The monoisotopic (exact) mass is 291 g/mol. The van der Waals surface area contributed by atoms with Crippen molar-refractivity contribution in [1.29, 1.82) is 0 Å². The van der Waals surface area contributed by atoms with Gasteiger partial charge in [0, 0.05) is 18.1 Å². The first kappa shape index (κ1) is 13.5. The van der Waals surface area contributed by atoms with Crippen LogP contribution in [0.2, 0.25) is 0 Å². The van der Waals surface area contributed by atoms with E-state index in [1.807, 2.05) is 23.9 Å². The molecule has 0 bridgehead atoms. The number of phenolic OH excluding ortho intramolecular Hbond substituents is 1. The van der Waals surface area contributed by atoms with Gasteiger partial charge in [-0.05, 0) is 24.7 Å². The Bertz CT molecular complexity index is 570. The maximum Gasteiger partial charge on any atom is 0.231 e. The van der Waals surface area contributed by atoms with Crippen LogP contribution in [-0.2, 0) is 6.42 Å². The molecule has 1 fully saturated rings. The first-order chi connectivity index (χ1) is 9.72. The molecule has 0 spiro atoms. The van der Waals surface area contributed by atoms with Gasteiger partial charge in [-0.15, -0.1) is 0 Å². The van der Waals surface area contributed by atoms with Crippen molar-refractivity contribution in [1.82, 2.24) is 15.0 Å². The van der Waals surface area contributed by atoms with E-state index in [0.717, 1.165) is 29.4 Å². The van der Waals surface area contributed by atoms with Gasteiger partial charge in [-0.25, -0.2) is 0 Å². The molecule has 5 nitrogen and oxygen atoms in total. The standard InChI is InChI=1S/C14H17N3O2S/c1-17-6-7-20-9-12(17)14-15-13(19-16-14)8-10-2-4-11(18)5-3-10/h2-5,12,18H,6-9H2,1H3. The van der Waals surface area contributed by atoms with Crippen molar-refractivity contribution in [3.8, 4) is 5.75 Å². The quantitative estimate of drug-likeness (QED) is 0.934. The molecule has 3 rings (SSSR count). The van der Waals surface area contributed by atoms with Gasteiger partial charge in [-0.3, -0.25) is 4.90 Å². The molecule has 0 amide bonds. The molecule has 106 valence electrons. The number of nitrogens with zero attached hydrogens (tertiary/aromatic N) is 3. The van der Waals surface area contributed by atoms with Gasteiger partial charge >= 0.3 is 0 Å². The van der Waals surface area contributed by atoms with Crippen molar-refractivity contribution >= 4 is 11.8 Å². The molecule has 2 heterocycles. The van der Waals surface area contributed by atoms with E-state index in [4.69, 9.17) is 4.52 Å². The van der Waals surface area contributed by atoms with Crippen LogP contribution in [0.1, 0.15) is 23.3 Å². The highest BCUT2D eigenvalue weighted by molar-refractivity contribution is 7.99. The summed E-state index contributed by atoms with van der Waals surface area (Å²) in [5.41, 5.74) is 1.05. The van der Waals surface area contributed by atoms with E-state index in [9.17, 15) is 5.11 Å². The average Bonchev–Trinajstić information content (AvgIpc) is 2.90. The lowest BCUT2D eigenvalue weighted by Gasteiger charge is -2.29. The second-order valence-electron chi connectivity index (χ2n) is 4.96. The molecular weight excluding hydrogens is 274 g/mol. The zero-order valence-corrected chi connectivity index (χ0v) is 12.1. The van der Waals surface area contributed by atoms with Crippen LogP contribution in [0.25, 0.3) is 0 Å². The first-order valence-electron chi connectivity index (χ1n) is 6.61. The zero-order valence-electron chi connectivity index (χ0n) is 11.3. The predicted octanol–water partition coefficient (Wildman–Crippen LogP) is 2.09. The minimum absolute atomic E-state index is 0.242. The molecule has 20 heavy (non-hydrogen) atoms. The van der Waals surface area contributed by atoms with Gasteiger partial charge in [-0.1, -0.05) is 17.3 Å². The number of benzene rings is 1. The van der Waals surface area contributed by atoms with E-state index < -0.39 is 0 Å². The third kappa shape index (κ3) is 2.96. The van der Waals surface area contributed by atoms with E-state index in [1.54, 1.807) is 12.1 Å². The van der Waals surface area contributed by atoms with Gasteiger partial charge in [0.2, 0.25) is 5.89 Å². The molecule has 6 heteroatoms. The third-order valence-corrected chi connectivity index (χ3v) is 4.49. The van der Waals surface area contributed by atoms with Gasteiger partial charge < -0.3 is 9.63 Å². The fourth-order valence-electron chi connectivity index (χ4n) is 2.22. The van der Waals surface area contributed by atoms with Gasteiger partial charge in [0.25, 0.3) is 0 Å². The third-order valence-electron chi connectivity index (χ3n) is 3.47. The summed E-state index contributed by atoms with van der Waals surface area (Å²) in [6.07, 6.45) is 0.594.